The molecule has 0 saturated carbocycles. The lowest BCUT2D eigenvalue weighted by Crippen LogP contribution is -2.60. The molecule has 0 radical (unpaired) electrons. The van der Waals surface area contributed by atoms with Crippen molar-refractivity contribution in [1.82, 2.24) is 5.32 Å². The Bertz CT molecular complexity index is 1160. The number of hydrogen-bond donors (Lipinski definition) is 6. The van der Waals surface area contributed by atoms with Crippen LogP contribution in [0, 0.1) is 0 Å². The smallest absolute Gasteiger partial charge is 0.220 e. The summed E-state index contributed by atoms with van der Waals surface area (Å²) in [4.78, 5) is 13.1. The summed E-state index contributed by atoms with van der Waals surface area (Å²) in [5.74, 6) is -0.134. The van der Waals surface area contributed by atoms with Gasteiger partial charge in [-0.2, -0.15) is 0 Å². The summed E-state index contributed by atoms with van der Waals surface area (Å²) >= 11 is 0. The molecule has 0 bridgehead atoms. The normalized spacial score (nSPS) is 18.6. The molecule has 7 atom stereocenters. The Kier molecular flexibility index (Phi) is 55.3. The SMILES string of the molecule is CCCCCCCCCCCCCCCCCCCCCCCCCCCCCCCCCCC(O)C(COC1OC(CO)C(O)C(O)C1O)NC(=O)CCCCCCCCCCCCCCCCCCCCCCC. The van der Waals surface area contributed by atoms with Gasteiger partial charge in [-0.15, -0.1) is 0 Å². The first-order chi connectivity index (χ1) is 37.3. The second-order valence-electron chi connectivity index (χ2n) is 24.3. The van der Waals surface area contributed by atoms with E-state index in [0.29, 0.717) is 12.8 Å². The van der Waals surface area contributed by atoms with Gasteiger partial charge in [0.05, 0.1) is 25.4 Å². The minimum Gasteiger partial charge on any atom is -0.394 e. The van der Waals surface area contributed by atoms with Crippen molar-refractivity contribution >= 4 is 5.91 Å². The number of aliphatic hydroxyl groups is 5. The summed E-state index contributed by atoms with van der Waals surface area (Å²) in [6.07, 6.45) is 64.6. The van der Waals surface area contributed by atoms with Gasteiger partial charge in [-0.3, -0.25) is 4.79 Å². The Morgan fingerprint density at radius 3 is 0.934 bits per heavy atom. The molecule has 1 aliphatic rings. The van der Waals surface area contributed by atoms with Gasteiger partial charge in [0, 0.05) is 6.42 Å². The van der Waals surface area contributed by atoms with Crippen molar-refractivity contribution in [3.63, 3.8) is 0 Å². The van der Waals surface area contributed by atoms with Gasteiger partial charge in [0.25, 0.3) is 0 Å². The van der Waals surface area contributed by atoms with Gasteiger partial charge >= 0.3 is 0 Å². The molecule has 1 amide bonds. The molecule has 6 N–H and O–H groups in total. The van der Waals surface area contributed by atoms with E-state index in [-0.39, 0.29) is 12.5 Å². The first-order valence-corrected chi connectivity index (χ1v) is 34.2. The van der Waals surface area contributed by atoms with Crippen LogP contribution in [-0.4, -0.2) is 87.5 Å². The maximum Gasteiger partial charge on any atom is 0.220 e. The third-order valence-corrected chi connectivity index (χ3v) is 17.0. The summed E-state index contributed by atoms with van der Waals surface area (Å²) < 4.78 is 11.4. The molecule has 1 heterocycles. The summed E-state index contributed by atoms with van der Waals surface area (Å²) in [6.45, 7) is 3.91. The highest BCUT2D eigenvalue weighted by Crippen LogP contribution is 2.24. The molecule has 0 aliphatic carbocycles. The van der Waals surface area contributed by atoms with Crippen LogP contribution in [0.2, 0.25) is 0 Å². The van der Waals surface area contributed by atoms with E-state index in [1.165, 1.54) is 302 Å². The number of nitrogens with one attached hydrogen (secondary N) is 1. The van der Waals surface area contributed by atoms with E-state index in [1.54, 1.807) is 0 Å². The van der Waals surface area contributed by atoms with Crippen LogP contribution in [0.1, 0.15) is 367 Å². The first-order valence-electron chi connectivity index (χ1n) is 34.2. The van der Waals surface area contributed by atoms with Gasteiger partial charge in [-0.1, -0.05) is 348 Å². The van der Waals surface area contributed by atoms with Crippen LogP contribution in [-0.2, 0) is 14.3 Å². The predicted molar refractivity (Wildman–Crippen MR) is 323 cm³/mol. The lowest BCUT2D eigenvalue weighted by Gasteiger charge is -2.40. The first kappa shape index (κ1) is 73.2. The van der Waals surface area contributed by atoms with Crippen LogP contribution in [0.25, 0.3) is 0 Å². The predicted octanol–water partition coefficient (Wildman–Crippen LogP) is 18.1. The minimum atomic E-state index is -1.55. The van der Waals surface area contributed by atoms with Crippen LogP contribution in [0.15, 0.2) is 0 Å². The summed E-state index contributed by atoms with van der Waals surface area (Å²) in [7, 11) is 0. The maximum atomic E-state index is 13.1. The van der Waals surface area contributed by atoms with E-state index < -0.39 is 49.5 Å². The second-order valence-corrected chi connectivity index (χ2v) is 24.3. The molecule has 0 aromatic heterocycles. The fraction of sp³-hybridized carbons (Fsp3) is 0.985. The van der Waals surface area contributed by atoms with E-state index >= 15 is 0 Å². The molecule has 76 heavy (non-hydrogen) atoms. The van der Waals surface area contributed by atoms with Crippen LogP contribution in [0.5, 0.6) is 0 Å². The number of rotatable bonds is 61. The van der Waals surface area contributed by atoms with E-state index in [4.69, 9.17) is 9.47 Å². The molecule has 0 aromatic rings. The quantitative estimate of drug-likeness (QED) is 0.0330. The molecule has 9 nitrogen and oxygen atoms in total. The summed E-state index contributed by atoms with van der Waals surface area (Å²) in [5.41, 5.74) is 0. The van der Waals surface area contributed by atoms with E-state index in [9.17, 15) is 30.3 Å². The zero-order chi connectivity index (χ0) is 55.0. The molecule has 1 saturated heterocycles. The van der Waals surface area contributed by atoms with Gasteiger partial charge in [0.2, 0.25) is 5.91 Å². The molecule has 1 fully saturated rings. The van der Waals surface area contributed by atoms with Gasteiger partial charge in [-0.05, 0) is 12.8 Å². The highest BCUT2D eigenvalue weighted by atomic mass is 16.7. The molecular formula is C67H133NO8. The van der Waals surface area contributed by atoms with Crippen molar-refractivity contribution < 1.29 is 39.8 Å². The number of ether oxygens (including phenoxy) is 2. The average molecular weight is 1080 g/mol. The Hall–Kier alpha value is -0.810. The van der Waals surface area contributed by atoms with Crippen molar-refractivity contribution in [2.24, 2.45) is 0 Å². The maximum absolute atomic E-state index is 13.1. The number of carbonyl (C=O) groups excluding carboxylic acids is 1. The minimum absolute atomic E-state index is 0.130. The number of amides is 1. The standard InChI is InChI=1S/C67H133NO8/c1-3-5-7-9-11-13-15-17-19-21-23-25-26-27-28-29-30-31-32-33-34-35-37-38-40-42-44-46-48-50-52-54-56-61(70)60(59-75-67-66(74)65(73)64(72)62(58-69)76-67)68-63(71)57-55-53-51-49-47-45-43-41-39-36-24-22-20-18-16-14-12-10-8-6-4-2/h60-62,64-67,69-70,72-74H,3-59H2,1-2H3,(H,68,71). The van der Waals surface area contributed by atoms with Crippen LogP contribution >= 0.6 is 0 Å². The topological polar surface area (TPSA) is 149 Å². The number of hydrogen-bond acceptors (Lipinski definition) is 8. The molecule has 0 spiro atoms. The van der Waals surface area contributed by atoms with Crippen molar-refractivity contribution in [3.05, 3.63) is 0 Å². The molecule has 9 heteroatoms. The van der Waals surface area contributed by atoms with Crippen LogP contribution in [0.3, 0.4) is 0 Å². The van der Waals surface area contributed by atoms with E-state index in [1.807, 2.05) is 0 Å². The summed E-state index contributed by atoms with van der Waals surface area (Å²) in [6, 6.07) is -0.715. The highest BCUT2D eigenvalue weighted by molar-refractivity contribution is 5.76. The van der Waals surface area contributed by atoms with Crippen LogP contribution in [0.4, 0.5) is 0 Å². The lowest BCUT2D eigenvalue weighted by molar-refractivity contribution is -0.302. The summed E-state index contributed by atoms with van der Waals surface area (Å²) in [5, 5.41) is 54.9. The monoisotopic (exact) mass is 1080 g/mol. The van der Waals surface area contributed by atoms with Gasteiger partial charge in [0.15, 0.2) is 6.29 Å². The van der Waals surface area contributed by atoms with Gasteiger partial charge in [-0.25, -0.2) is 0 Å². The lowest BCUT2D eigenvalue weighted by atomic mass is 9.99. The molecule has 454 valence electrons. The molecule has 1 rings (SSSR count). The fourth-order valence-electron chi connectivity index (χ4n) is 11.6. The van der Waals surface area contributed by atoms with Crippen molar-refractivity contribution in [2.75, 3.05) is 13.2 Å². The van der Waals surface area contributed by atoms with E-state index in [2.05, 4.69) is 19.2 Å². The zero-order valence-electron chi connectivity index (χ0n) is 50.8. The molecule has 7 unspecified atom stereocenters. The Morgan fingerprint density at radius 2 is 0.658 bits per heavy atom. The van der Waals surface area contributed by atoms with Crippen molar-refractivity contribution in [2.45, 2.75) is 410 Å². The zero-order valence-corrected chi connectivity index (χ0v) is 50.8. The average Bonchev–Trinajstić information content (AvgIpc) is 3.42. The Morgan fingerprint density at radius 1 is 0.395 bits per heavy atom. The number of carbonyl (C=O) groups is 1. The van der Waals surface area contributed by atoms with Gasteiger partial charge in [0.1, 0.15) is 24.4 Å². The van der Waals surface area contributed by atoms with E-state index in [0.717, 1.165) is 38.5 Å². The van der Waals surface area contributed by atoms with Gasteiger partial charge < -0.3 is 40.3 Å². The third-order valence-electron chi connectivity index (χ3n) is 17.0. The third kappa shape index (κ3) is 45.9. The van der Waals surface area contributed by atoms with Crippen molar-refractivity contribution in [3.8, 4) is 0 Å². The molecule has 1 aliphatic heterocycles. The number of aliphatic hydroxyl groups excluding tert-OH is 5. The number of unbranched alkanes of at least 4 members (excludes halogenated alkanes) is 51. The second kappa shape index (κ2) is 57.4. The highest BCUT2D eigenvalue weighted by Gasteiger charge is 2.44. The Labute approximate surface area is 472 Å². The molecule has 0 aromatic carbocycles. The largest absolute Gasteiger partial charge is 0.394 e. The van der Waals surface area contributed by atoms with Crippen LogP contribution < -0.4 is 5.32 Å². The molecular weight excluding hydrogens is 947 g/mol. The Balaban J connectivity index is 2.09. The van der Waals surface area contributed by atoms with Crippen molar-refractivity contribution in [1.29, 1.82) is 0 Å². The fourth-order valence-corrected chi connectivity index (χ4v) is 11.6.